The van der Waals surface area contributed by atoms with Crippen LogP contribution in [-0.2, 0) is 12.6 Å². The molecular weight excluding hydrogens is 300 g/mol. The molecule has 0 spiro atoms. The van der Waals surface area contributed by atoms with Gasteiger partial charge in [0.1, 0.15) is 5.82 Å². The lowest BCUT2D eigenvalue weighted by Crippen LogP contribution is -2.08. The van der Waals surface area contributed by atoms with Crippen LogP contribution in [0.3, 0.4) is 0 Å². The molecule has 0 radical (unpaired) electrons. The van der Waals surface area contributed by atoms with Crippen LogP contribution in [0.4, 0.5) is 17.6 Å². The third-order valence-electron chi connectivity index (χ3n) is 2.52. The molecule has 0 atom stereocenters. The van der Waals surface area contributed by atoms with Crippen molar-refractivity contribution in [3.63, 3.8) is 0 Å². The minimum atomic E-state index is -4.70. The average molecular weight is 309 g/mol. The first-order valence-electron chi connectivity index (χ1n) is 5.67. The molecule has 0 fully saturated rings. The van der Waals surface area contributed by atoms with E-state index in [1.165, 1.54) is 0 Å². The summed E-state index contributed by atoms with van der Waals surface area (Å²) >= 11 is 5.50. The van der Waals surface area contributed by atoms with E-state index in [4.69, 9.17) is 16.1 Å². The van der Waals surface area contributed by atoms with Crippen molar-refractivity contribution >= 4 is 11.6 Å². The fourth-order valence-corrected chi connectivity index (χ4v) is 1.76. The third-order valence-corrected chi connectivity index (χ3v) is 2.79. The highest BCUT2D eigenvalue weighted by Crippen LogP contribution is 2.36. The Morgan fingerprint density at radius 3 is 2.65 bits per heavy atom. The van der Waals surface area contributed by atoms with Gasteiger partial charge in [0, 0.05) is 17.9 Å². The molecule has 0 amide bonds. The number of rotatable bonds is 4. The van der Waals surface area contributed by atoms with Crippen molar-refractivity contribution < 1.29 is 22.1 Å². The van der Waals surface area contributed by atoms with E-state index in [0.29, 0.717) is 24.8 Å². The minimum absolute atomic E-state index is 0.193. The summed E-state index contributed by atoms with van der Waals surface area (Å²) in [5, 5.41) is 3.49. The molecule has 1 heterocycles. The molecular formula is C12H9ClF4N2O. The molecule has 0 aliphatic rings. The second-order valence-electron chi connectivity index (χ2n) is 3.99. The highest BCUT2D eigenvalue weighted by Gasteiger charge is 2.35. The van der Waals surface area contributed by atoms with Gasteiger partial charge in [0.05, 0.1) is 5.56 Å². The molecule has 0 saturated carbocycles. The maximum atomic E-state index is 13.0. The van der Waals surface area contributed by atoms with E-state index in [1.807, 2.05) is 0 Å². The summed E-state index contributed by atoms with van der Waals surface area (Å²) in [4.78, 5) is 3.86. The maximum absolute atomic E-state index is 13.0. The van der Waals surface area contributed by atoms with Crippen LogP contribution in [0.5, 0.6) is 0 Å². The summed E-state index contributed by atoms with van der Waals surface area (Å²) in [5.41, 5.74) is -1.46. The summed E-state index contributed by atoms with van der Waals surface area (Å²) in [6.45, 7) is 0. The van der Waals surface area contributed by atoms with Crippen LogP contribution in [-0.4, -0.2) is 16.0 Å². The normalized spacial score (nSPS) is 11.8. The summed E-state index contributed by atoms with van der Waals surface area (Å²) in [7, 11) is 0. The fraction of sp³-hybridized carbons (Fsp3) is 0.333. The molecule has 0 N–H and O–H groups in total. The largest absolute Gasteiger partial charge is 0.417 e. The smallest absolute Gasteiger partial charge is 0.339 e. The van der Waals surface area contributed by atoms with Crippen molar-refractivity contribution in [1.82, 2.24) is 10.1 Å². The van der Waals surface area contributed by atoms with Crippen LogP contribution >= 0.6 is 11.6 Å². The van der Waals surface area contributed by atoms with Gasteiger partial charge in [-0.3, -0.25) is 0 Å². The Bertz CT molecular complexity index is 597. The SMILES string of the molecule is Fc1ccc(-c2noc(CCCCl)n2)c(C(F)(F)F)c1. The number of halogens is 5. The summed E-state index contributed by atoms with van der Waals surface area (Å²) in [6.07, 6.45) is -3.76. The summed E-state index contributed by atoms with van der Waals surface area (Å²) < 4.78 is 56.4. The molecule has 0 aliphatic heterocycles. The van der Waals surface area contributed by atoms with E-state index in [-0.39, 0.29) is 17.3 Å². The van der Waals surface area contributed by atoms with Crippen molar-refractivity contribution in [2.45, 2.75) is 19.0 Å². The molecule has 8 heteroatoms. The second kappa shape index (κ2) is 5.78. The Labute approximate surface area is 116 Å². The van der Waals surface area contributed by atoms with Crippen LogP contribution in [0, 0.1) is 5.82 Å². The van der Waals surface area contributed by atoms with Gasteiger partial charge in [-0.05, 0) is 24.6 Å². The summed E-state index contributed by atoms with van der Waals surface area (Å²) in [6, 6.07) is 2.30. The monoisotopic (exact) mass is 308 g/mol. The lowest BCUT2D eigenvalue weighted by molar-refractivity contribution is -0.137. The first kappa shape index (κ1) is 14.8. The van der Waals surface area contributed by atoms with Gasteiger partial charge in [0.15, 0.2) is 0 Å². The Hall–Kier alpha value is -1.63. The van der Waals surface area contributed by atoms with Gasteiger partial charge in [-0.2, -0.15) is 18.2 Å². The van der Waals surface area contributed by atoms with Crippen molar-refractivity contribution in [3.8, 4) is 11.4 Å². The Morgan fingerprint density at radius 2 is 2.00 bits per heavy atom. The van der Waals surface area contributed by atoms with E-state index >= 15 is 0 Å². The minimum Gasteiger partial charge on any atom is -0.339 e. The number of nitrogens with zero attached hydrogens (tertiary/aromatic N) is 2. The molecule has 0 saturated heterocycles. The third kappa shape index (κ3) is 3.27. The fourth-order valence-electron chi connectivity index (χ4n) is 1.63. The van der Waals surface area contributed by atoms with E-state index < -0.39 is 17.6 Å². The molecule has 1 aromatic carbocycles. The number of aromatic nitrogens is 2. The number of hydrogen-bond donors (Lipinski definition) is 0. The van der Waals surface area contributed by atoms with Crippen LogP contribution in [0.1, 0.15) is 17.9 Å². The second-order valence-corrected chi connectivity index (χ2v) is 4.37. The zero-order valence-corrected chi connectivity index (χ0v) is 10.8. The molecule has 20 heavy (non-hydrogen) atoms. The van der Waals surface area contributed by atoms with Crippen LogP contribution in [0.2, 0.25) is 0 Å². The van der Waals surface area contributed by atoms with E-state index in [2.05, 4.69) is 10.1 Å². The first-order valence-corrected chi connectivity index (χ1v) is 6.21. The predicted molar refractivity (Wildman–Crippen MR) is 63.7 cm³/mol. The first-order chi connectivity index (χ1) is 9.41. The van der Waals surface area contributed by atoms with Crippen LogP contribution < -0.4 is 0 Å². The van der Waals surface area contributed by atoms with E-state index in [0.717, 1.165) is 12.1 Å². The standard InChI is InChI=1S/C12H9ClF4N2O/c13-5-1-2-10-18-11(19-20-10)8-4-3-7(14)6-9(8)12(15,16)17/h3-4,6H,1-2,5H2. The molecule has 0 bridgehead atoms. The predicted octanol–water partition coefficient (Wildman–Crippen LogP) is 4.07. The van der Waals surface area contributed by atoms with E-state index in [9.17, 15) is 17.6 Å². The quantitative estimate of drug-likeness (QED) is 0.631. The lowest BCUT2D eigenvalue weighted by Gasteiger charge is -2.10. The Kier molecular flexibility index (Phi) is 4.27. The molecule has 108 valence electrons. The van der Waals surface area contributed by atoms with E-state index in [1.54, 1.807) is 0 Å². The van der Waals surface area contributed by atoms with Crippen molar-refractivity contribution in [2.24, 2.45) is 0 Å². The summed E-state index contributed by atoms with van der Waals surface area (Å²) in [5.74, 6) is -0.630. The molecule has 1 aromatic heterocycles. The van der Waals surface area contributed by atoms with Crippen molar-refractivity contribution in [2.75, 3.05) is 5.88 Å². The van der Waals surface area contributed by atoms with Crippen molar-refractivity contribution in [3.05, 3.63) is 35.5 Å². The Morgan fingerprint density at radius 1 is 1.25 bits per heavy atom. The van der Waals surface area contributed by atoms with Gasteiger partial charge in [0.2, 0.25) is 11.7 Å². The van der Waals surface area contributed by atoms with Gasteiger partial charge in [-0.25, -0.2) is 4.39 Å². The zero-order valence-electron chi connectivity index (χ0n) is 10.0. The molecule has 2 aromatic rings. The lowest BCUT2D eigenvalue weighted by atomic mass is 10.1. The highest BCUT2D eigenvalue weighted by atomic mass is 35.5. The number of alkyl halides is 4. The molecule has 0 aliphatic carbocycles. The van der Waals surface area contributed by atoms with Gasteiger partial charge < -0.3 is 4.52 Å². The van der Waals surface area contributed by atoms with Crippen LogP contribution in [0.25, 0.3) is 11.4 Å². The van der Waals surface area contributed by atoms with Crippen molar-refractivity contribution in [1.29, 1.82) is 0 Å². The van der Waals surface area contributed by atoms with Gasteiger partial charge in [-0.15, -0.1) is 11.6 Å². The van der Waals surface area contributed by atoms with Crippen LogP contribution in [0.15, 0.2) is 22.7 Å². The molecule has 3 nitrogen and oxygen atoms in total. The van der Waals surface area contributed by atoms with Gasteiger partial charge in [-0.1, -0.05) is 5.16 Å². The molecule has 2 rings (SSSR count). The van der Waals surface area contributed by atoms with Gasteiger partial charge >= 0.3 is 6.18 Å². The number of benzene rings is 1. The number of aryl methyl sites for hydroxylation is 1. The zero-order chi connectivity index (χ0) is 14.8. The average Bonchev–Trinajstić information content (AvgIpc) is 2.84. The molecule has 0 unspecified atom stereocenters. The Balaban J connectivity index is 2.39. The highest BCUT2D eigenvalue weighted by molar-refractivity contribution is 6.17. The number of hydrogen-bond acceptors (Lipinski definition) is 3. The maximum Gasteiger partial charge on any atom is 0.417 e. The topological polar surface area (TPSA) is 38.9 Å². The van der Waals surface area contributed by atoms with Gasteiger partial charge in [0.25, 0.3) is 0 Å².